The van der Waals surface area contributed by atoms with Gasteiger partial charge in [0.15, 0.2) is 5.62 Å². The van der Waals surface area contributed by atoms with E-state index in [-0.39, 0.29) is 12.0 Å². The highest BCUT2D eigenvalue weighted by atomic mass is 35.5. The van der Waals surface area contributed by atoms with Gasteiger partial charge in [-0.1, -0.05) is 11.6 Å². The van der Waals surface area contributed by atoms with Crippen molar-refractivity contribution in [2.24, 2.45) is 15.7 Å². The van der Waals surface area contributed by atoms with Crippen molar-refractivity contribution >= 4 is 23.1 Å². The van der Waals surface area contributed by atoms with Crippen LogP contribution in [0, 0.1) is 0 Å². The first-order chi connectivity index (χ1) is 5.66. The summed E-state index contributed by atoms with van der Waals surface area (Å²) in [6.07, 6.45) is -1.27. The molecule has 0 bridgehead atoms. The van der Waals surface area contributed by atoms with Gasteiger partial charge in [-0.05, 0) is 0 Å². The molecule has 7 heteroatoms. The van der Waals surface area contributed by atoms with E-state index in [9.17, 15) is 0 Å². The summed E-state index contributed by atoms with van der Waals surface area (Å²) < 4.78 is 0. The van der Waals surface area contributed by atoms with Crippen LogP contribution in [0.1, 0.15) is 0 Å². The molecule has 3 atom stereocenters. The smallest absolute Gasteiger partial charge is 0.205 e. The summed E-state index contributed by atoms with van der Waals surface area (Å²) in [7, 11) is 0. The third-order valence-corrected chi connectivity index (χ3v) is 1.89. The van der Waals surface area contributed by atoms with Crippen LogP contribution in [0.2, 0.25) is 0 Å². The Morgan fingerprint density at radius 2 is 2.17 bits per heavy atom. The monoisotopic (exact) mass is 189 g/mol. The Balaban J connectivity index is 2.28. The first kappa shape index (κ1) is 7.93. The van der Waals surface area contributed by atoms with Crippen molar-refractivity contribution in [2.45, 2.75) is 18.1 Å². The molecule has 0 amide bonds. The second-order valence-electron chi connectivity index (χ2n) is 2.50. The number of hydrogen-bond donors (Lipinski definition) is 4. The van der Waals surface area contributed by atoms with Crippen molar-refractivity contribution in [3.05, 3.63) is 0 Å². The van der Waals surface area contributed by atoms with E-state index in [0.717, 1.165) is 0 Å². The van der Waals surface area contributed by atoms with Gasteiger partial charge in [0, 0.05) is 0 Å². The van der Waals surface area contributed by atoms with Crippen LogP contribution in [0.25, 0.3) is 0 Å². The van der Waals surface area contributed by atoms with Crippen LogP contribution in [0.4, 0.5) is 0 Å². The minimum atomic E-state index is -0.983. The largest absolute Gasteiger partial charge is 0.382 e. The fourth-order valence-corrected chi connectivity index (χ4v) is 1.41. The molecule has 0 radical (unpaired) electrons. The lowest BCUT2D eigenvalue weighted by Gasteiger charge is -2.22. The van der Waals surface area contributed by atoms with Crippen molar-refractivity contribution in [3.8, 4) is 0 Å². The molecule has 5 N–H and O–H groups in total. The van der Waals surface area contributed by atoms with Crippen LogP contribution in [0.15, 0.2) is 9.98 Å². The summed E-state index contributed by atoms with van der Waals surface area (Å²) in [4.78, 5) is 7.64. The zero-order chi connectivity index (χ0) is 8.72. The van der Waals surface area contributed by atoms with Crippen molar-refractivity contribution in [1.82, 2.24) is 10.6 Å². The number of aliphatic hydroxyl groups is 1. The molecule has 0 aliphatic carbocycles. The van der Waals surface area contributed by atoms with Gasteiger partial charge in [-0.25, -0.2) is 9.98 Å². The highest BCUT2D eigenvalue weighted by Crippen LogP contribution is 2.09. The summed E-state index contributed by atoms with van der Waals surface area (Å²) in [6.45, 7) is 0. The lowest BCUT2D eigenvalue weighted by atomic mass is 10.2. The second kappa shape index (κ2) is 2.67. The van der Waals surface area contributed by atoms with Gasteiger partial charge in [-0.3, -0.25) is 10.6 Å². The number of nitrogens with one attached hydrogen (secondary N) is 2. The lowest BCUT2D eigenvalue weighted by Crippen LogP contribution is -2.56. The van der Waals surface area contributed by atoms with E-state index in [2.05, 4.69) is 20.6 Å². The highest BCUT2D eigenvalue weighted by molar-refractivity contribution is 6.44. The van der Waals surface area contributed by atoms with Crippen molar-refractivity contribution in [3.63, 3.8) is 0 Å². The Morgan fingerprint density at radius 3 is 2.92 bits per heavy atom. The van der Waals surface area contributed by atoms with Gasteiger partial charge in [0.05, 0.1) is 0 Å². The summed E-state index contributed by atoms with van der Waals surface area (Å²) in [5.74, 6) is 0.224. The number of alkyl halides is 1. The first-order valence-electron chi connectivity index (χ1n) is 3.42. The third kappa shape index (κ3) is 1.18. The van der Waals surface area contributed by atoms with E-state index < -0.39 is 12.0 Å². The number of aliphatic hydroxyl groups excluding tert-OH is 1. The van der Waals surface area contributed by atoms with Crippen molar-refractivity contribution in [1.29, 1.82) is 0 Å². The standard InChI is InChI=1S/C5H8ClN5O/c6-4-8-1-2(7)9-5(12)11-3(1)10-4/h3-5,10-12H,(H2,7,9). The summed E-state index contributed by atoms with van der Waals surface area (Å²) >= 11 is 5.67. The van der Waals surface area contributed by atoms with Crippen LogP contribution in [0.3, 0.4) is 0 Å². The molecule has 0 spiro atoms. The minimum absolute atomic E-state index is 0.224. The SMILES string of the molecule is NC1=NC(O)NC2NC(Cl)N=C12. The molecule has 0 saturated heterocycles. The van der Waals surface area contributed by atoms with Gasteiger partial charge < -0.3 is 10.8 Å². The molecule has 2 aliphatic heterocycles. The maximum Gasteiger partial charge on any atom is 0.205 e. The molecule has 0 fully saturated rings. The molecule has 66 valence electrons. The average molecular weight is 190 g/mol. The van der Waals surface area contributed by atoms with E-state index >= 15 is 0 Å². The zero-order valence-corrected chi connectivity index (χ0v) is 6.78. The average Bonchev–Trinajstić information content (AvgIpc) is 2.29. The topological polar surface area (TPSA) is 95.0 Å². The first-order valence-corrected chi connectivity index (χ1v) is 3.86. The van der Waals surface area contributed by atoms with E-state index in [1.165, 1.54) is 0 Å². The van der Waals surface area contributed by atoms with E-state index in [0.29, 0.717) is 5.71 Å². The quantitative estimate of drug-likeness (QED) is 0.265. The molecule has 3 unspecified atom stereocenters. The van der Waals surface area contributed by atoms with E-state index in [4.69, 9.17) is 22.4 Å². The fourth-order valence-electron chi connectivity index (χ4n) is 1.18. The predicted octanol–water partition coefficient (Wildman–Crippen LogP) is -1.88. The Bertz CT molecular complexity index is 265. The molecule has 2 aliphatic rings. The number of halogens is 1. The molecular weight excluding hydrogens is 182 g/mol. The molecule has 6 nitrogen and oxygen atoms in total. The molecule has 12 heavy (non-hydrogen) atoms. The van der Waals surface area contributed by atoms with Crippen LogP contribution in [-0.2, 0) is 0 Å². The summed E-state index contributed by atoms with van der Waals surface area (Å²) in [6, 6.07) is 0. The Morgan fingerprint density at radius 1 is 1.42 bits per heavy atom. The summed E-state index contributed by atoms with van der Waals surface area (Å²) in [5, 5.41) is 14.6. The Hall–Kier alpha value is -0.690. The van der Waals surface area contributed by atoms with Crippen molar-refractivity contribution < 1.29 is 5.11 Å². The number of amidine groups is 1. The number of nitrogens with zero attached hydrogens (tertiary/aromatic N) is 2. The number of hydrogen-bond acceptors (Lipinski definition) is 6. The lowest BCUT2D eigenvalue weighted by molar-refractivity contribution is 0.134. The van der Waals surface area contributed by atoms with Gasteiger partial charge in [-0.15, -0.1) is 0 Å². The number of aliphatic imine (C=N–C) groups is 2. The van der Waals surface area contributed by atoms with Crippen LogP contribution in [0.5, 0.6) is 0 Å². The van der Waals surface area contributed by atoms with Gasteiger partial charge in [0.25, 0.3) is 0 Å². The van der Waals surface area contributed by atoms with Crippen molar-refractivity contribution in [2.75, 3.05) is 0 Å². The predicted molar refractivity (Wildman–Crippen MR) is 44.8 cm³/mol. The minimum Gasteiger partial charge on any atom is -0.382 e. The molecule has 2 rings (SSSR count). The highest BCUT2D eigenvalue weighted by Gasteiger charge is 2.32. The second-order valence-corrected chi connectivity index (χ2v) is 2.92. The van der Waals surface area contributed by atoms with Gasteiger partial charge in [-0.2, -0.15) is 0 Å². The van der Waals surface area contributed by atoms with Gasteiger partial charge >= 0.3 is 0 Å². The van der Waals surface area contributed by atoms with Gasteiger partial charge in [0.1, 0.15) is 17.7 Å². The normalized spacial score (nSPS) is 40.3. The van der Waals surface area contributed by atoms with E-state index in [1.807, 2.05) is 0 Å². The molecule has 0 aromatic carbocycles. The maximum atomic E-state index is 9.10. The molecule has 0 aromatic heterocycles. The number of nitrogens with two attached hydrogens (primary N) is 1. The van der Waals surface area contributed by atoms with Crippen LogP contribution in [-0.4, -0.2) is 34.8 Å². The number of fused-ring (bicyclic) bond motifs is 1. The Labute approximate surface area is 73.5 Å². The third-order valence-electron chi connectivity index (χ3n) is 1.67. The van der Waals surface area contributed by atoms with Crippen LogP contribution < -0.4 is 16.4 Å². The number of rotatable bonds is 0. The van der Waals surface area contributed by atoms with E-state index in [1.54, 1.807) is 0 Å². The molecule has 2 heterocycles. The maximum absolute atomic E-state index is 9.10. The molecular formula is C5H8ClN5O. The molecule has 0 saturated carbocycles. The molecule has 0 aromatic rings. The zero-order valence-electron chi connectivity index (χ0n) is 6.03. The Kier molecular flexibility index (Phi) is 1.76. The summed E-state index contributed by atoms with van der Waals surface area (Å²) in [5.41, 5.74) is 5.55. The van der Waals surface area contributed by atoms with Crippen LogP contribution >= 0.6 is 11.6 Å². The van der Waals surface area contributed by atoms with Gasteiger partial charge in [0.2, 0.25) is 6.35 Å². The fraction of sp³-hybridized carbons (Fsp3) is 0.600.